The molecule has 0 aliphatic rings. The first-order valence-electron chi connectivity index (χ1n) is 13.5. The Morgan fingerprint density at radius 2 is 1.50 bits per heavy atom. The Balaban J connectivity index is 1.33. The van der Waals surface area contributed by atoms with Gasteiger partial charge in [0.15, 0.2) is 12.3 Å². The van der Waals surface area contributed by atoms with Crippen LogP contribution < -0.4 is 20.7 Å². The van der Waals surface area contributed by atoms with Crippen molar-refractivity contribution in [2.75, 3.05) is 7.11 Å². The highest BCUT2D eigenvalue weighted by molar-refractivity contribution is 5.75. The molecule has 0 amide bonds. The number of imidazole rings is 1. The van der Waals surface area contributed by atoms with Crippen molar-refractivity contribution in [1.82, 2.24) is 29.2 Å². The summed E-state index contributed by atoms with van der Waals surface area (Å²) in [4.78, 5) is 38.5. The molecule has 0 atom stereocenters. The number of unbranched alkanes of at least 4 members (excludes halogenated alkanes) is 2. The number of nitrogens with zero attached hydrogens (tertiary/aromatic N) is 5. The zero-order valence-electron chi connectivity index (χ0n) is 22.8. The van der Waals surface area contributed by atoms with E-state index in [4.69, 9.17) is 14.0 Å². The molecule has 0 aliphatic carbocycles. The van der Waals surface area contributed by atoms with Crippen LogP contribution in [0.3, 0.4) is 0 Å². The molecule has 0 saturated heterocycles. The van der Waals surface area contributed by atoms with Crippen molar-refractivity contribution >= 4 is 11.2 Å². The van der Waals surface area contributed by atoms with E-state index in [0.29, 0.717) is 47.5 Å². The van der Waals surface area contributed by atoms with Crippen molar-refractivity contribution in [2.24, 2.45) is 0 Å². The summed E-state index contributed by atoms with van der Waals surface area (Å²) in [5, 5.41) is 3.99. The summed E-state index contributed by atoms with van der Waals surface area (Å²) in [6.45, 7) is 5.12. The number of methoxy groups -OCH3 is 1. The minimum atomic E-state index is -0.339. The molecular formula is C29H32N6O5. The summed E-state index contributed by atoms with van der Waals surface area (Å²) < 4.78 is 19.3. The number of fused-ring (bicyclic) bond motifs is 1. The van der Waals surface area contributed by atoms with E-state index >= 15 is 0 Å². The number of benzene rings is 2. The SMILES string of the molecule is CCCCn1c(=O)c2[nH]c(-c3ccc(OCc4noc(-c5ccc(OC)cc5)n4)cc3)nc2n(CCCC)c1=O. The molecule has 3 heterocycles. The van der Waals surface area contributed by atoms with Crippen LogP contribution >= 0.6 is 0 Å². The van der Waals surface area contributed by atoms with E-state index in [1.54, 1.807) is 23.8 Å². The zero-order valence-corrected chi connectivity index (χ0v) is 22.8. The number of ether oxygens (including phenoxy) is 2. The van der Waals surface area contributed by atoms with E-state index in [9.17, 15) is 9.59 Å². The molecule has 0 spiro atoms. The molecular weight excluding hydrogens is 512 g/mol. The molecule has 11 nitrogen and oxygen atoms in total. The van der Waals surface area contributed by atoms with E-state index in [0.717, 1.165) is 42.6 Å². The first-order valence-corrected chi connectivity index (χ1v) is 13.5. The monoisotopic (exact) mass is 544 g/mol. The summed E-state index contributed by atoms with van der Waals surface area (Å²) >= 11 is 0. The normalized spacial score (nSPS) is 11.3. The van der Waals surface area contributed by atoms with Gasteiger partial charge < -0.3 is 19.0 Å². The van der Waals surface area contributed by atoms with Crippen LogP contribution in [-0.4, -0.2) is 36.4 Å². The van der Waals surface area contributed by atoms with E-state index < -0.39 is 0 Å². The fraction of sp³-hybridized carbons (Fsp3) is 0.345. The second-order valence-electron chi connectivity index (χ2n) is 9.44. The van der Waals surface area contributed by atoms with Crippen LogP contribution in [0.4, 0.5) is 0 Å². The maximum Gasteiger partial charge on any atom is 0.332 e. The van der Waals surface area contributed by atoms with Gasteiger partial charge in [0.2, 0.25) is 5.82 Å². The molecule has 0 radical (unpaired) electrons. The second kappa shape index (κ2) is 12.0. The Kier molecular flexibility index (Phi) is 8.09. The van der Waals surface area contributed by atoms with Crippen molar-refractivity contribution in [3.05, 3.63) is 75.2 Å². The van der Waals surface area contributed by atoms with Gasteiger partial charge >= 0.3 is 5.69 Å². The number of rotatable bonds is 12. The topological polar surface area (TPSA) is 130 Å². The maximum absolute atomic E-state index is 13.2. The van der Waals surface area contributed by atoms with Gasteiger partial charge in [-0.3, -0.25) is 13.9 Å². The third kappa shape index (κ3) is 5.54. The quantitative estimate of drug-likeness (QED) is 0.237. The summed E-state index contributed by atoms with van der Waals surface area (Å²) in [5.74, 6) is 2.67. The number of H-pyrrole nitrogens is 1. The number of aryl methyl sites for hydroxylation is 1. The summed E-state index contributed by atoms with van der Waals surface area (Å²) in [6, 6.07) is 14.6. The Hall–Kier alpha value is -4.67. The van der Waals surface area contributed by atoms with Crippen LogP contribution in [0.15, 0.2) is 62.6 Å². The number of hydrogen-bond donors (Lipinski definition) is 1. The van der Waals surface area contributed by atoms with Crippen molar-refractivity contribution in [3.63, 3.8) is 0 Å². The molecule has 0 bridgehead atoms. The van der Waals surface area contributed by atoms with Crippen LogP contribution in [0.25, 0.3) is 34.0 Å². The lowest BCUT2D eigenvalue weighted by Gasteiger charge is -2.10. The van der Waals surface area contributed by atoms with Gasteiger partial charge in [0.25, 0.3) is 11.4 Å². The fourth-order valence-electron chi connectivity index (χ4n) is 4.35. The predicted molar refractivity (Wildman–Crippen MR) is 150 cm³/mol. The highest BCUT2D eigenvalue weighted by atomic mass is 16.5. The molecule has 11 heteroatoms. The van der Waals surface area contributed by atoms with Gasteiger partial charge in [-0.05, 0) is 61.4 Å². The number of aromatic amines is 1. The lowest BCUT2D eigenvalue weighted by molar-refractivity contribution is 0.287. The first-order chi connectivity index (χ1) is 19.5. The smallest absolute Gasteiger partial charge is 0.332 e. The van der Waals surface area contributed by atoms with Gasteiger partial charge in [0.1, 0.15) is 22.8 Å². The minimum absolute atomic E-state index is 0.130. The summed E-state index contributed by atoms with van der Waals surface area (Å²) in [5.41, 5.74) is 1.63. The van der Waals surface area contributed by atoms with Gasteiger partial charge in [-0.25, -0.2) is 9.78 Å². The number of aromatic nitrogens is 6. The maximum atomic E-state index is 13.2. The molecule has 0 fully saturated rings. The van der Waals surface area contributed by atoms with Gasteiger partial charge in [-0.2, -0.15) is 4.98 Å². The predicted octanol–water partition coefficient (Wildman–Crippen LogP) is 4.79. The van der Waals surface area contributed by atoms with Crippen molar-refractivity contribution in [2.45, 2.75) is 59.2 Å². The highest BCUT2D eigenvalue weighted by Crippen LogP contribution is 2.24. The fourth-order valence-corrected chi connectivity index (χ4v) is 4.35. The average molecular weight is 545 g/mol. The van der Waals surface area contributed by atoms with Crippen molar-refractivity contribution < 1.29 is 14.0 Å². The van der Waals surface area contributed by atoms with Crippen molar-refractivity contribution in [1.29, 1.82) is 0 Å². The van der Waals surface area contributed by atoms with Crippen LogP contribution in [-0.2, 0) is 19.7 Å². The lowest BCUT2D eigenvalue weighted by Crippen LogP contribution is -2.40. The van der Waals surface area contributed by atoms with Gasteiger partial charge in [-0.1, -0.05) is 31.8 Å². The molecule has 2 aromatic carbocycles. The first kappa shape index (κ1) is 26.9. The van der Waals surface area contributed by atoms with Crippen LogP contribution in [0.1, 0.15) is 45.4 Å². The molecule has 0 saturated carbocycles. The van der Waals surface area contributed by atoms with Gasteiger partial charge in [0, 0.05) is 24.2 Å². The second-order valence-corrected chi connectivity index (χ2v) is 9.44. The molecule has 5 aromatic rings. The Labute approximate surface area is 230 Å². The third-order valence-electron chi connectivity index (χ3n) is 6.63. The van der Waals surface area contributed by atoms with Crippen molar-refractivity contribution in [3.8, 4) is 34.3 Å². The molecule has 208 valence electrons. The molecule has 1 N–H and O–H groups in total. The number of hydrogen-bond acceptors (Lipinski definition) is 8. The molecule has 40 heavy (non-hydrogen) atoms. The Morgan fingerprint density at radius 3 is 2.17 bits per heavy atom. The molecule has 3 aromatic heterocycles. The third-order valence-corrected chi connectivity index (χ3v) is 6.63. The molecule has 0 aliphatic heterocycles. The van der Waals surface area contributed by atoms with E-state index in [1.165, 1.54) is 4.57 Å². The summed E-state index contributed by atoms with van der Waals surface area (Å²) in [7, 11) is 1.61. The van der Waals surface area contributed by atoms with E-state index in [2.05, 4.69) is 27.0 Å². The van der Waals surface area contributed by atoms with Crippen LogP contribution in [0, 0.1) is 0 Å². The Morgan fingerprint density at radius 1 is 0.850 bits per heavy atom. The molecule has 0 unspecified atom stereocenters. The van der Waals surface area contributed by atoms with Gasteiger partial charge in [0.05, 0.1) is 7.11 Å². The van der Waals surface area contributed by atoms with Crippen LogP contribution in [0.5, 0.6) is 11.5 Å². The van der Waals surface area contributed by atoms with Gasteiger partial charge in [-0.15, -0.1) is 0 Å². The van der Waals surface area contributed by atoms with Crippen LogP contribution in [0.2, 0.25) is 0 Å². The minimum Gasteiger partial charge on any atom is -0.497 e. The largest absolute Gasteiger partial charge is 0.497 e. The zero-order chi connectivity index (χ0) is 28.1. The summed E-state index contributed by atoms with van der Waals surface area (Å²) in [6.07, 6.45) is 3.38. The average Bonchev–Trinajstić information content (AvgIpc) is 3.65. The Bertz CT molecular complexity index is 1700. The van der Waals surface area contributed by atoms with E-state index in [-0.39, 0.29) is 17.9 Å². The molecule has 5 rings (SSSR count). The standard InChI is InChI=1S/C29H32N6O5/c1-4-6-16-34-26-24(28(36)35(29(34)37)17-7-5-2)31-25(32-26)19-8-14-22(15-9-19)39-18-23-30-27(40-33-23)20-10-12-21(38-3)13-11-20/h8-15H,4-7,16-18H2,1-3H3,(H,31,32). The highest BCUT2D eigenvalue weighted by Gasteiger charge is 2.18. The van der Waals surface area contributed by atoms with E-state index in [1.807, 2.05) is 43.3 Å². The lowest BCUT2D eigenvalue weighted by atomic mass is 10.2. The number of nitrogens with one attached hydrogen (secondary N) is 1.